The number of hydrogen-bond donors (Lipinski definition) is 1. The highest BCUT2D eigenvalue weighted by Crippen LogP contribution is 2.34. The maximum Gasteiger partial charge on any atom is 0.387 e. The number of benzene rings is 2. The van der Waals surface area contributed by atoms with E-state index in [0.29, 0.717) is 5.69 Å². The number of alkyl halides is 2. The number of rotatable bonds is 6. The van der Waals surface area contributed by atoms with E-state index in [1.165, 1.54) is 23.3 Å². The summed E-state index contributed by atoms with van der Waals surface area (Å²) in [7, 11) is 1.94. The van der Waals surface area contributed by atoms with Gasteiger partial charge in [0.15, 0.2) is 0 Å². The molecule has 0 heterocycles. The predicted octanol–water partition coefficient (Wildman–Crippen LogP) is 3.85. The SMILES string of the molecule is CN(CC(=O)Nc1ccc(OC(F)F)cc1)C1CCc2ccccc21. The summed E-state index contributed by atoms with van der Waals surface area (Å²) in [5.74, 6) is -0.0814. The minimum Gasteiger partial charge on any atom is -0.435 e. The Labute approximate surface area is 145 Å². The Balaban J connectivity index is 1.56. The van der Waals surface area contributed by atoms with Crippen LogP contribution in [0.25, 0.3) is 0 Å². The lowest BCUT2D eigenvalue weighted by atomic mass is 10.1. The highest BCUT2D eigenvalue weighted by molar-refractivity contribution is 5.92. The number of nitrogens with one attached hydrogen (secondary N) is 1. The van der Waals surface area contributed by atoms with Crippen molar-refractivity contribution in [3.8, 4) is 5.75 Å². The Kier molecular flexibility index (Phi) is 5.28. The first kappa shape index (κ1) is 17.4. The van der Waals surface area contributed by atoms with E-state index in [1.54, 1.807) is 12.1 Å². The lowest BCUT2D eigenvalue weighted by Gasteiger charge is -2.24. The van der Waals surface area contributed by atoms with E-state index in [9.17, 15) is 13.6 Å². The summed E-state index contributed by atoms with van der Waals surface area (Å²) in [6.07, 6.45) is 2.03. The average molecular weight is 346 g/mol. The van der Waals surface area contributed by atoms with Gasteiger partial charge in [-0.3, -0.25) is 9.69 Å². The van der Waals surface area contributed by atoms with Gasteiger partial charge >= 0.3 is 6.61 Å². The topological polar surface area (TPSA) is 41.6 Å². The van der Waals surface area contributed by atoms with E-state index in [-0.39, 0.29) is 24.2 Å². The molecule has 2 aromatic rings. The van der Waals surface area contributed by atoms with Gasteiger partial charge in [0.05, 0.1) is 6.54 Å². The van der Waals surface area contributed by atoms with Crippen LogP contribution in [0.1, 0.15) is 23.6 Å². The molecule has 0 radical (unpaired) electrons. The van der Waals surface area contributed by atoms with Crippen molar-refractivity contribution < 1.29 is 18.3 Å². The standard InChI is InChI=1S/C19H20F2N2O2/c1-23(17-11-6-13-4-2-3-5-16(13)17)12-18(24)22-14-7-9-15(10-8-14)25-19(20)21/h2-5,7-10,17,19H,6,11-12H2,1H3,(H,22,24). The van der Waals surface area contributed by atoms with Crippen molar-refractivity contribution in [3.05, 3.63) is 59.7 Å². The summed E-state index contributed by atoms with van der Waals surface area (Å²) >= 11 is 0. The molecule has 1 aliphatic carbocycles. The number of amides is 1. The van der Waals surface area contributed by atoms with Gasteiger partial charge in [0, 0.05) is 11.7 Å². The molecule has 0 saturated heterocycles. The normalized spacial score (nSPS) is 16.1. The first-order valence-electron chi connectivity index (χ1n) is 8.15. The van der Waals surface area contributed by atoms with Crippen LogP contribution in [0.4, 0.5) is 14.5 Å². The second kappa shape index (κ2) is 7.61. The summed E-state index contributed by atoms with van der Waals surface area (Å²) < 4.78 is 28.5. The van der Waals surface area contributed by atoms with Gasteiger partial charge in [-0.1, -0.05) is 24.3 Å². The third-order valence-corrected chi connectivity index (χ3v) is 4.39. The van der Waals surface area contributed by atoms with Crippen LogP contribution in [0, 0.1) is 0 Å². The summed E-state index contributed by atoms with van der Waals surface area (Å²) in [6, 6.07) is 14.4. The first-order chi connectivity index (χ1) is 12.0. The molecule has 0 saturated carbocycles. The van der Waals surface area contributed by atoms with Crippen LogP contribution in [0.5, 0.6) is 5.75 Å². The molecule has 1 aliphatic rings. The van der Waals surface area contributed by atoms with Gasteiger partial charge < -0.3 is 10.1 Å². The molecule has 0 fully saturated rings. The summed E-state index contributed by atoms with van der Waals surface area (Å²) in [6.45, 7) is -2.60. The van der Waals surface area contributed by atoms with Gasteiger partial charge in [-0.15, -0.1) is 0 Å². The molecule has 1 N–H and O–H groups in total. The zero-order valence-corrected chi connectivity index (χ0v) is 13.9. The number of anilines is 1. The number of likely N-dealkylation sites (N-methyl/N-ethyl adjacent to an activating group) is 1. The van der Waals surface area contributed by atoms with Crippen molar-refractivity contribution in [1.82, 2.24) is 4.90 Å². The molecule has 1 amide bonds. The molecule has 1 unspecified atom stereocenters. The number of carbonyl (C=O) groups excluding carboxylic acids is 1. The van der Waals surface area contributed by atoms with Gasteiger partial charge in [-0.05, 0) is 55.3 Å². The number of hydrogen-bond acceptors (Lipinski definition) is 3. The van der Waals surface area contributed by atoms with Crippen molar-refractivity contribution in [3.63, 3.8) is 0 Å². The van der Waals surface area contributed by atoms with E-state index in [2.05, 4.69) is 22.2 Å². The summed E-state index contributed by atoms with van der Waals surface area (Å²) in [4.78, 5) is 14.3. The largest absolute Gasteiger partial charge is 0.435 e. The van der Waals surface area contributed by atoms with Crippen molar-refractivity contribution in [1.29, 1.82) is 0 Å². The van der Waals surface area contributed by atoms with Gasteiger partial charge in [-0.2, -0.15) is 8.78 Å². The number of carbonyl (C=O) groups is 1. The third-order valence-electron chi connectivity index (χ3n) is 4.39. The van der Waals surface area contributed by atoms with Crippen molar-refractivity contribution in [2.24, 2.45) is 0 Å². The fraction of sp³-hybridized carbons (Fsp3) is 0.316. The molecule has 0 bridgehead atoms. The fourth-order valence-electron chi connectivity index (χ4n) is 3.25. The van der Waals surface area contributed by atoms with Crippen LogP contribution in [0.3, 0.4) is 0 Å². The molecule has 4 nitrogen and oxygen atoms in total. The van der Waals surface area contributed by atoms with Gasteiger partial charge in [0.1, 0.15) is 5.75 Å². The first-order valence-corrected chi connectivity index (χ1v) is 8.15. The molecule has 2 aromatic carbocycles. The quantitative estimate of drug-likeness (QED) is 0.864. The van der Waals surface area contributed by atoms with Crippen LogP contribution in [0.15, 0.2) is 48.5 Å². The molecular weight excluding hydrogens is 326 g/mol. The van der Waals surface area contributed by atoms with Crippen molar-refractivity contribution in [2.75, 3.05) is 18.9 Å². The Morgan fingerprint density at radius 1 is 1.24 bits per heavy atom. The molecule has 0 aliphatic heterocycles. The van der Waals surface area contributed by atoms with E-state index in [0.717, 1.165) is 12.8 Å². The molecule has 6 heteroatoms. The number of ether oxygens (including phenoxy) is 1. The molecular formula is C19H20F2N2O2. The monoisotopic (exact) mass is 346 g/mol. The second-order valence-corrected chi connectivity index (χ2v) is 6.12. The van der Waals surface area contributed by atoms with E-state index >= 15 is 0 Å². The Morgan fingerprint density at radius 2 is 1.96 bits per heavy atom. The smallest absolute Gasteiger partial charge is 0.387 e. The maximum atomic E-state index is 12.3. The average Bonchev–Trinajstić information content (AvgIpc) is 3.00. The van der Waals surface area contributed by atoms with Crippen LogP contribution in [0.2, 0.25) is 0 Å². The molecule has 132 valence electrons. The molecule has 0 aromatic heterocycles. The molecule has 0 spiro atoms. The Morgan fingerprint density at radius 3 is 2.68 bits per heavy atom. The van der Waals surface area contributed by atoms with Gasteiger partial charge in [0.25, 0.3) is 0 Å². The number of aryl methyl sites for hydroxylation is 1. The van der Waals surface area contributed by atoms with E-state index in [1.807, 2.05) is 24.1 Å². The number of nitrogens with zero attached hydrogens (tertiary/aromatic N) is 1. The van der Waals surface area contributed by atoms with Crippen molar-refractivity contribution >= 4 is 11.6 Å². The lowest BCUT2D eigenvalue weighted by Crippen LogP contribution is -2.32. The second-order valence-electron chi connectivity index (χ2n) is 6.12. The van der Waals surface area contributed by atoms with Crippen LogP contribution in [-0.4, -0.2) is 31.0 Å². The Hall–Kier alpha value is -2.47. The highest BCUT2D eigenvalue weighted by Gasteiger charge is 2.26. The third kappa shape index (κ3) is 4.33. The zero-order valence-electron chi connectivity index (χ0n) is 13.9. The minimum absolute atomic E-state index is 0.0627. The zero-order chi connectivity index (χ0) is 17.8. The summed E-state index contributed by atoms with van der Waals surface area (Å²) in [5, 5.41) is 2.78. The number of fused-ring (bicyclic) bond motifs is 1. The fourth-order valence-corrected chi connectivity index (χ4v) is 3.25. The van der Waals surface area contributed by atoms with Crippen LogP contribution < -0.4 is 10.1 Å². The van der Waals surface area contributed by atoms with Gasteiger partial charge in [-0.25, -0.2) is 0 Å². The molecule has 1 atom stereocenters. The molecule has 25 heavy (non-hydrogen) atoms. The van der Waals surface area contributed by atoms with Crippen molar-refractivity contribution in [2.45, 2.75) is 25.5 Å². The predicted molar refractivity (Wildman–Crippen MR) is 91.8 cm³/mol. The maximum absolute atomic E-state index is 12.3. The van der Waals surface area contributed by atoms with E-state index in [4.69, 9.17) is 0 Å². The lowest BCUT2D eigenvalue weighted by molar-refractivity contribution is -0.117. The van der Waals surface area contributed by atoms with Gasteiger partial charge in [0.2, 0.25) is 5.91 Å². The van der Waals surface area contributed by atoms with Crippen LogP contribution in [-0.2, 0) is 11.2 Å². The minimum atomic E-state index is -2.86. The summed E-state index contributed by atoms with van der Waals surface area (Å²) in [5.41, 5.74) is 3.17. The molecule has 3 rings (SSSR count). The number of halogens is 2. The van der Waals surface area contributed by atoms with E-state index < -0.39 is 6.61 Å². The van der Waals surface area contributed by atoms with Crippen LogP contribution >= 0.6 is 0 Å². The Bertz CT molecular complexity index is 734. The highest BCUT2D eigenvalue weighted by atomic mass is 19.3.